The maximum atomic E-state index is 8.75. The van der Waals surface area contributed by atoms with Crippen molar-refractivity contribution < 1.29 is 36.2 Å². The second-order valence-corrected chi connectivity index (χ2v) is 1.72. The maximum Gasteiger partial charge on any atom is 0 e. The van der Waals surface area contributed by atoms with Gasteiger partial charge in [-0.15, -0.1) is 0 Å². The first-order valence-corrected chi connectivity index (χ1v) is 2.68. The summed E-state index contributed by atoms with van der Waals surface area (Å²) in [6, 6.07) is -0.0417. The Bertz CT molecular complexity index is 83.1. The number of aliphatic hydroxyl groups is 1. The van der Waals surface area contributed by atoms with Crippen molar-refractivity contribution in [1.29, 1.82) is 0 Å². The normalized spacial score (nSPS) is 13.9. The van der Waals surface area contributed by atoms with Crippen LogP contribution in [0.3, 0.4) is 0 Å². The molecule has 1 unspecified atom stereocenters. The Balaban J connectivity index is 0. The summed E-state index contributed by atoms with van der Waals surface area (Å²) in [5, 5.41) is 8.75. The molecular formula is C6H12NOU-. The minimum Gasteiger partial charge on any atom is -0.561 e. The fourth-order valence-electron chi connectivity index (χ4n) is 0.331. The molecular weight excluding hydrogens is 340 g/mol. The molecule has 9 heavy (non-hydrogen) atoms. The Kier molecular flexibility index (Phi) is 9.34. The fraction of sp³-hybridized carbons (Fsp3) is 0.667. The van der Waals surface area contributed by atoms with E-state index >= 15 is 0 Å². The van der Waals surface area contributed by atoms with Crippen LogP contribution in [0.4, 0.5) is 0 Å². The molecule has 0 aromatic carbocycles. The molecule has 0 radical (unpaired) electrons. The molecule has 0 rings (SSSR count). The molecule has 0 saturated carbocycles. The van der Waals surface area contributed by atoms with Crippen LogP contribution in [-0.2, 0) is 0 Å². The van der Waals surface area contributed by atoms with E-state index in [1.54, 1.807) is 13.1 Å². The number of hydrogen-bond donors (Lipinski definition) is 1. The van der Waals surface area contributed by atoms with Crippen molar-refractivity contribution in [2.45, 2.75) is 26.8 Å². The Morgan fingerprint density at radius 2 is 2.11 bits per heavy atom. The molecule has 0 bridgehead atoms. The molecule has 0 aromatic rings. The predicted molar refractivity (Wildman–Crippen MR) is 34.5 cm³/mol. The zero-order valence-electron chi connectivity index (χ0n) is 6.05. The summed E-state index contributed by atoms with van der Waals surface area (Å²) in [6.07, 6.45) is 2.05. The van der Waals surface area contributed by atoms with Crippen LogP contribution in [0, 0.1) is 37.2 Å². The third-order valence-corrected chi connectivity index (χ3v) is 0.977. The maximum absolute atomic E-state index is 8.75. The van der Waals surface area contributed by atoms with Gasteiger partial charge in [0.2, 0.25) is 0 Å². The van der Waals surface area contributed by atoms with Gasteiger partial charge in [0.25, 0.3) is 0 Å². The standard InChI is InChI=1S/C6H12NO.U/c1-4-7-5(2)6(3)8;/h4-5,8H,1-3H3;/q-1;. The number of hydrogen-bond acceptors (Lipinski definition) is 2. The summed E-state index contributed by atoms with van der Waals surface area (Å²) in [5.74, 6) is 0. The fourth-order valence-corrected chi connectivity index (χ4v) is 0.331. The first-order chi connectivity index (χ1) is 3.68. The third-order valence-electron chi connectivity index (χ3n) is 0.977. The second kappa shape index (κ2) is 6.80. The minimum atomic E-state index is -0.0417. The van der Waals surface area contributed by atoms with Gasteiger partial charge in [0.1, 0.15) is 0 Å². The molecule has 0 saturated heterocycles. The van der Waals surface area contributed by atoms with Crippen LogP contribution in [0.15, 0.2) is 4.99 Å². The Labute approximate surface area is 80.1 Å². The van der Waals surface area contributed by atoms with E-state index in [1.807, 2.05) is 13.8 Å². The zero-order valence-corrected chi connectivity index (χ0v) is 10.2. The number of nitrogens with zero attached hydrogens (tertiary/aromatic N) is 1. The molecule has 1 atom stereocenters. The molecule has 0 heterocycles. The van der Waals surface area contributed by atoms with Crippen molar-refractivity contribution >= 4 is 6.21 Å². The summed E-state index contributed by atoms with van der Waals surface area (Å²) in [4.78, 5) is 3.91. The summed E-state index contributed by atoms with van der Waals surface area (Å²) >= 11 is 0. The molecule has 0 aliphatic carbocycles. The average Bonchev–Trinajstić information content (AvgIpc) is 1.67. The van der Waals surface area contributed by atoms with Crippen LogP contribution >= 0.6 is 0 Å². The van der Waals surface area contributed by atoms with Crippen molar-refractivity contribution in [1.82, 2.24) is 0 Å². The van der Waals surface area contributed by atoms with Crippen LogP contribution in [0.25, 0.3) is 0 Å². The second-order valence-electron chi connectivity index (χ2n) is 1.72. The van der Waals surface area contributed by atoms with Gasteiger partial charge >= 0.3 is 0 Å². The largest absolute Gasteiger partial charge is 0.561 e. The van der Waals surface area contributed by atoms with Crippen LogP contribution in [-0.4, -0.2) is 17.4 Å². The van der Waals surface area contributed by atoms with Crippen molar-refractivity contribution in [3.63, 3.8) is 0 Å². The van der Waals surface area contributed by atoms with Crippen molar-refractivity contribution in [2.24, 2.45) is 4.99 Å². The van der Waals surface area contributed by atoms with Crippen molar-refractivity contribution in [3.8, 4) is 0 Å². The first kappa shape index (κ1) is 12.4. The molecule has 0 aliphatic rings. The Morgan fingerprint density at radius 3 is 2.22 bits per heavy atom. The monoisotopic (exact) mass is 352 g/mol. The average molecular weight is 352 g/mol. The molecule has 0 aromatic heterocycles. The van der Waals surface area contributed by atoms with Gasteiger partial charge < -0.3 is 10.1 Å². The number of aliphatic hydroxyl groups excluding tert-OH is 1. The van der Waals surface area contributed by atoms with E-state index in [-0.39, 0.29) is 37.2 Å². The van der Waals surface area contributed by atoms with Gasteiger partial charge in [-0.3, -0.25) is 0 Å². The Hall–Kier alpha value is 0.682. The van der Waals surface area contributed by atoms with Crippen LogP contribution in [0.1, 0.15) is 20.8 Å². The van der Waals surface area contributed by atoms with Crippen molar-refractivity contribution in [3.05, 3.63) is 6.10 Å². The van der Waals surface area contributed by atoms with E-state index < -0.39 is 0 Å². The molecule has 0 aliphatic heterocycles. The summed E-state index contributed by atoms with van der Waals surface area (Å²) < 4.78 is 0. The van der Waals surface area contributed by atoms with Gasteiger partial charge in [-0.25, -0.2) is 0 Å². The quantitative estimate of drug-likeness (QED) is 0.591. The molecule has 2 nitrogen and oxygen atoms in total. The van der Waals surface area contributed by atoms with E-state index in [9.17, 15) is 0 Å². The van der Waals surface area contributed by atoms with Gasteiger partial charge in [0, 0.05) is 31.1 Å². The predicted octanol–water partition coefficient (Wildman–Crippen LogP) is 1.39. The van der Waals surface area contributed by atoms with E-state index in [0.717, 1.165) is 0 Å². The molecule has 0 spiro atoms. The van der Waals surface area contributed by atoms with E-state index in [4.69, 9.17) is 5.11 Å². The van der Waals surface area contributed by atoms with Crippen LogP contribution in [0.2, 0.25) is 0 Å². The SMILES string of the molecule is CC=NC(C)[C-](C)O.[U]. The van der Waals surface area contributed by atoms with Gasteiger partial charge in [-0.2, -0.15) is 13.0 Å². The first-order valence-electron chi connectivity index (χ1n) is 2.68. The van der Waals surface area contributed by atoms with E-state index in [2.05, 4.69) is 4.99 Å². The molecule has 52 valence electrons. The molecule has 0 fully saturated rings. The Morgan fingerprint density at radius 1 is 1.67 bits per heavy atom. The summed E-state index contributed by atoms with van der Waals surface area (Å²) in [5.41, 5.74) is 0. The molecule has 3 heteroatoms. The van der Waals surface area contributed by atoms with Crippen LogP contribution < -0.4 is 0 Å². The number of aliphatic imine (C=N–C) groups is 1. The third kappa shape index (κ3) is 6.57. The van der Waals surface area contributed by atoms with Gasteiger partial charge in [-0.1, -0.05) is 13.0 Å². The van der Waals surface area contributed by atoms with E-state index in [0.29, 0.717) is 6.10 Å². The molecule has 1 N–H and O–H groups in total. The summed E-state index contributed by atoms with van der Waals surface area (Å²) in [6.45, 7) is 5.33. The van der Waals surface area contributed by atoms with Gasteiger partial charge in [0.15, 0.2) is 0 Å². The number of rotatable bonds is 2. The van der Waals surface area contributed by atoms with Crippen molar-refractivity contribution in [2.75, 3.05) is 0 Å². The summed E-state index contributed by atoms with van der Waals surface area (Å²) in [7, 11) is 0. The minimum absolute atomic E-state index is 0. The zero-order chi connectivity index (χ0) is 6.57. The topological polar surface area (TPSA) is 32.6 Å². The van der Waals surface area contributed by atoms with Gasteiger partial charge in [0.05, 0.1) is 0 Å². The van der Waals surface area contributed by atoms with E-state index in [1.165, 1.54) is 0 Å². The van der Waals surface area contributed by atoms with Gasteiger partial charge in [-0.05, 0) is 13.1 Å². The molecule has 0 amide bonds. The van der Waals surface area contributed by atoms with Crippen LogP contribution in [0.5, 0.6) is 0 Å². The smallest absolute Gasteiger partial charge is 0 e.